The van der Waals surface area contributed by atoms with E-state index in [1.54, 1.807) is 22.2 Å². The third-order valence-electron chi connectivity index (χ3n) is 3.93. The van der Waals surface area contributed by atoms with Gasteiger partial charge in [0, 0.05) is 27.9 Å². The summed E-state index contributed by atoms with van der Waals surface area (Å²) in [4.78, 5) is 19.3. The van der Waals surface area contributed by atoms with Gasteiger partial charge >= 0.3 is 0 Å². The van der Waals surface area contributed by atoms with Crippen molar-refractivity contribution in [3.05, 3.63) is 49.8 Å². The number of hydrogen-bond donors (Lipinski definition) is 0. The van der Waals surface area contributed by atoms with Crippen molar-refractivity contribution in [1.82, 2.24) is 9.55 Å². The number of nitrogens with zero attached hydrogens (tertiary/aromatic N) is 3. The smallest absolute Gasteiger partial charge is 0.262 e. The summed E-state index contributed by atoms with van der Waals surface area (Å²) in [6, 6.07) is 8.24. The second kappa shape index (κ2) is 6.88. The molecule has 0 aliphatic carbocycles. The molecule has 0 atom stereocenters. The summed E-state index contributed by atoms with van der Waals surface area (Å²) in [6.07, 6.45) is 2.67. The summed E-state index contributed by atoms with van der Waals surface area (Å²) >= 11 is 5.15. The van der Waals surface area contributed by atoms with Crippen LogP contribution in [0.4, 0.5) is 0 Å². The van der Waals surface area contributed by atoms with Crippen molar-refractivity contribution >= 4 is 37.5 Å². The number of unbranched alkanes of at least 4 members (excludes halogenated alkanes) is 1. The quantitative estimate of drug-likeness (QED) is 0.589. The van der Waals surface area contributed by atoms with Gasteiger partial charge in [-0.25, -0.2) is 4.98 Å². The second-order valence-corrected chi connectivity index (χ2v) is 7.76. The first-order valence-electron chi connectivity index (χ1n) is 7.65. The van der Waals surface area contributed by atoms with E-state index in [9.17, 15) is 4.79 Å². The Hall–Kier alpha value is -1.97. The molecule has 0 saturated carbocycles. The Balaban J connectivity index is 2.23. The highest BCUT2D eigenvalue weighted by Crippen LogP contribution is 2.39. The Bertz CT molecular complexity index is 1010. The molecule has 1 aromatic carbocycles. The highest BCUT2D eigenvalue weighted by atomic mass is 79.9. The van der Waals surface area contributed by atoms with Crippen molar-refractivity contribution in [3.63, 3.8) is 0 Å². The van der Waals surface area contributed by atoms with Crippen molar-refractivity contribution in [3.8, 4) is 17.2 Å². The Morgan fingerprint density at radius 2 is 2.17 bits per heavy atom. The van der Waals surface area contributed by atoms with Crippen LogP contribution in [0.15, 0.2) is 33.8 Å². The molecule has 2 heterocycles. The summed E-state index contributed by atoms with van der Waals surface area (Å²) in [5.74, 6) is 0. The molecule has 0 aliphatic rings. The zero-order valence-electron chi connectivity index (χ0n) is 13.5. The molecule has 4 nitrogen and oxygen atoms in total. The van der Waals surface area contributed by atoms with E-state index >= 15 is 0 Å². The standard InChI is InChI=1S/C18H16BrN3OS/c1-11-5-6-14(19)13(9-11)15-12(2)24-17-16(15)18(23)22(10-21-17)8-4-3-7-20/h5-6,9-10H,3-4,8H2,1-2H3. The van der Waals surface area contributed by atoms with Gasteiger partial charge in [-0.15, -0.1) is 11.3 Å². The van der Waals surface area contributed by atoms with Crippen LogP contribution in [0.5, 0.6) is 0 Å². The first-order valence-corrected chi connectivity index (χ1v) is 9.26. The average Bonchev–Trinajstić information content (AvgIpc) is 2.89. The molecule has 0 bridgehead atoms. The summed E-state index contributed by atoms with van der Waals surface area (Å²) in [6.45, 7) is 4.58. The Morgan fingerprint density at radius 1 is 1.38 bits per heavy atom. The van der Waals surface area contributed by atoms with Gasteiger partial charge in [0.1, 0.15) is 4.83 Å². The number of thiophene rings is 1. The molecule has 0 fully saturated rings. The van der Waals surface area contributed by atoms with E-state index in [1.807, 2.05) is 26.0 Å². The number of fused-ring (bicyclic) bond motifs is 1. The minimum atomic E-state index is -0.0364. The topological polar surface area (TPSA) is 58.7 Å². The zero-order valence-corrected chi connectivity index (χ0v) is 15.9. The molecular weight excluding hydrogens is 386 g/mol. The molecule has 0 spiro atoms. The van der Waals surface area contributed by atoms with Crippen LogP contribution in [0, 0.1) is 25.2 Å². The number of rotatable bonds is 4. The number of hydrogen-bond acceptors (Lipinski definition) is 4. The van der Waals surface area contributed by atoms with E-state index in [1.165, 1.54) is 0 Å². The van der Waals surface area contributed by atoms with Crippen LogP contribution >= 0.6 is 27.3 Å². The highest BCUT2D eigenvalue weighted by Gasteiger charge is 2.18. The summed E-state index contributed by atoms with van der Waals surface area (Å²) in [5, 5.41) is 9.35. The van der Waals surface area contributed by atoms with Crippen molar-refractivity contribution < 1.29 is 0 Å². The van der Waals surface area contributed by atoms with Crippen LogP contribution in [-0.4, -0.2) is 9.55 Å². The van der Waals surface area contributed by atoms with Gasteiger partial charge in [0.2, 0.25) is 0 Å². The van der Waals surface area contributed by atoms with Gasteiger partial charge in [-0.05, 0) is 31.9 Å². The molecule has 3 rings (SSSR count). The third-order valence-corrected chi connectivity index (χ3v) is 5.64. The van der Waals surface area contributed by atoms with E-state index in [0.717, 1.165) is 30.9 Å². The molecule has 0 N–H and O–H groups in total. The molecule has 0 aliphatic heterocycles. The fourth-order valence-electron chi connectivity index (χ4n) is 2.78. The molecule has 2 aromatic heterocycles. The Kier molecular flexibility index (Phi) is 4.83. The maximum Gasteiger partial charge on any atom is 0.262 e. The second-order valence-electron chi connectivity index (χ2n) is 5.70. The maximum absolute atomic E-state index is 13.0. The van der Waals surface area contributed by atoms with Gasteiger partial charge in [0.15, 0.2) is 0 Å². The van der Waals surface area contributed by atoms with Crippen LogP contribution < -0.4 is 5.56 Å². The van der Waals surface area contributed by atoms with Gasteiger partial charge in [0.25, 0.3) is 5.56 Å². The van der Waals surface area contributed by atoms with Gasteiger partial charge in [0.05, 0.1) is 17.8 Å². The maximum atomic E-state index is 13.0. The summed E-state index contributed by atoms with van der Waals surface area (Å²) in [5.41, 5.74) is 3.08. The molecule has 0 radical (unpaired) electrons. The molecule has 122 valence electrons. The number of aryl methyl sites for hydroxylation is 3. The number of benzene rings is 1. The van der Waals surface area contributed by atoms with E-state index in [-0.39, 0.29) is 5.56 Å². The molecule has 0 saturated heterocycles. The predicted octanol–water partition coefficient (Wildman–Crippen LogP) is 4.81. The minimum Gasteiger partial charge on any atom is -0.299 e. The molecule has 3 aromatic rings. The number of halogens is 1. The lowest BCUT2D eigenvalue weighted by molar-refractivity contribution is 0.627. The lowest BCUT2D eigenvalue weighted by atomic mass is 10.0. The van der Waals surface area contributed by atoms with Crippen LogP contribution in [-0.2, 0) is 6.54 Å². The van der Waals surface area contributed by atoms with E-state index in [2.05, 4.69) is 33.0 Å². The Morgan fingerprint density at radius 3 is 2.92 bits per heavy atom. The first kappa shape index (κ1) is 16.9. The lowest BCUT2D eigenvalue weighted by Gasteiger charge is -2.08. The van der Waals surface area contributed by atoms with Crippen molar-refractivity contribution in [1.29, 1.82) is 5.26 Å². The van der Waals surface area contributed by atoms with E-state index in [4.69, 9.17) is 5.26 Å². The van der Waals surface area contributed by atoms with E-state index < -0.39 is 0 Å². The van der Waals surface area contributed by atoms with Gasteiger partial charge in [-0.2, -0.15) is 5.26 Å². The molecule has 0 unspecified atom stereocenters. The van der Waals surface area contributed by atoms with Crippen LogP contribution in [0.1, 0.15) is 23.3 Å². The third kappa shape index (κ3) is 3.02. The van der Waals surface area contributed by atoms with Gasteiger partial charge in [-0.3, -0.25) is 9.36 Å². The zero-order chi connectivity index (χ0) is 17.3. The normalized spacial score (nSPS) is 10.9. The van der Waals surface area contributed by atoms with Gasteiger partial charge in [-0.1, -0.05) is 33.6 Å². The van der Waals surface area contributed by atoms with Crippen LogP contribution in [0.3, 0.4) is 0 Å². The van der Waals surface area contributed by atoms with Crippen LogP contribution in [0.25, 0.3) is 21.3 Å². The largest absolute Gasteiger partial charge is 0.299 e. The van der Waals surface area contributed by atoms with E-state index in [0.29, 0.717) is 24.8 Å². The SMILES string of the molecule is Cc1ccc(Br)c(-c2c(C)sc3ncn(CCCC#N)c(=O)c23)c1. The van der Waals surface area contributed by atoms with Crippen molar-refractivity contribution in [2.24, 2.45) is 0 Å². The number of aromatic nitrogens is 2. The number of nitriles is 1. The molecule has 24 heavy (non-hydrogen) atoms. The van der Waals surface area contributed by atoms with Gasteiger partial charge < -0.3 is 0 Å². The molecule has 0 amide bonds. The average molecular weight is 402 g/mol. The van der Waals surface area contributed by atoms with Crippen LogP contribution in [0.2, 0.25) is 0 Å². The fourth-order valence-corrected chi connectivity index (χ4v) is 4.22. The Labute approximate surface area is 152 Å². The summed E-state index contributed by atoms with van der Waals surface area (Å²) in [7, 11) is 0. The summed E-state index contributed by atoms with van der Waals surface area (Å²) < 4.78 is 2.58. The minimum absolute atomic E-state index is 0.0364. The predicted molar refractivity (Wildman–Crippen MR) is 101 cm³/mol. The highest BCUT2D eigenvalue weighted by molar-refractivity contribution is 9.10. The van der Waals surface area contributed by atoms with Crippen molar-refractivity contribution in [2.45, 2.75) is 33.2 Å². The molecular formula is C18H16BrN3OS. The lowest BCUT2D eigenvalue weighted by Crippen LogP contribution is -2.20. The first-order chi connectivity index (χ1) is 11.5. The monoisotopic (exact) mass is 401 g/mol. The fraction of sp³-hybridized carbons (Fsp3) is 0.278. The van der Waals surface area contributed by atoms with Crippen molar-refractivity contribution in [2.75, 3.05) is 0 Å². The molecule has 6 heteroatoms.